The number of halogens is 1. The van der Waals surface area contributed by atoms with Gasteiger partial charge in [0.25, 0.3) is 0 Å². The molecule has 1 aromatic carbocycles. The Morgan fingerprint density at radius 1 is 1.38 bits per heavy atom. The zero-order valence-corrected chi connectivity index (χ0v) is 13.9. The fraction of sp³-hybridized carbons (Fsp3) is 0.235. The van der Waals surface area contributed by atoms with E-state index in [1.165, 1.54) is 6.07 Å². The summed E-state index contributed by atoms with van der Waals surface area (Å²) in [5, 5.41) is 17.5. The molecule has 1 aliphatic carbocycles. The van der Waals surface area contributed by atoms with Crippen molar-refractivity contribution >= 4 is 23.8 Å². The van der Waals surface area contributed by atoms with Gasteiger partial charge in [-0.2, -0.15) is 0 Å². The quantitative estimate of drug-likeness (QED) is 0.844. The number of aliphatic carboxylic acids is 1. The maximum Gasteiger partial charge on any atom is 0.313 e. The third-order valence-electron chi connectivity index (χ3n) is 3.79. The number of fused-ring (bicyclic) bond motifs is 1. The average molecular weight is 345 g/mol. The maximum atomic E-state index is 14.1. The van der Waals surface area contributed by atoms with Gasteiger partial charge in [-0.3, -0.25) is 4.79 Å². The van der Waals surface area contributed by atoms with Crippen LogP contribution in [0, 0.1) is 12.7 Å². The molecule has 0 saturated heterocycles. The number of hydrogen-bond acceptors (Lipinski definition) is 4. The summed E-state index contributed by atoms with van der Waals surface area (Å²) in [6, 6.07) is 3.24. The Hall–Kier alpha value is -2.41. The molecule has 1 aromatic heterocycles. The summed E-state index contributed by atoms with van der Waals surface area (Å²) in [5.41, 5.74) is 2.51. The molecule has 0 radical (unpaired) electrons. The number of carboxylic acids is 1. The van der Waals surface area contributed by atoms with Crippen molar-refractivity contribution in [1.29, 1.82) is 0 Å². The van der Waals surface area contributed by atoms with Crippen LogP contribution in [-0.4, -0.2) is 31.6 Å². The Morgan fingerprint density at radius 3 is 3.00 bits per heavy atom. The highest BCUT2D eigenvalue weighted by molar-refractivity contribution is 7.99. The van der Waals surface area contributed by atoms with Gasteiger partial charge in [-0.15, -0.1) is 10.2 Å². The fourth-order valence-electron chi connectivity index (χ4n) is 2.61. The Balaban J connectivity index is 1.95. The van der Waals surface area contributed by atoms with E-state index in [1.54, 1.807) is 12.1 Å². The zero-order chi connectivity index (χ0) is 17.1. The molecule has 0 aliphatic heterocycles. The number of nitrogens with zero attached hydrogens (tertiary/aromatic N) is 3. The summed E-state index contributed by atoms with van der Waals surface area (Å²) in [6.45, 7) is 2.30. The van der Waals surface area contributed by atoms with E-state index in [-0.39, 0.29) is 11.6 Å². The molecule has 0 unspecified atom stereocenters. The number of carbonyl (C=O) groups is 1. The molecule has 5 nitrogen and oxygen atoms in total. The van der Waals surface area contributed by atoms with Crippen molar-refractivity contribution < 1.29 is 14.3 Å². The summed E-state index contributed by atoms with van der Waals surface area (Å²) in [5.74, 6) is -0.529. The van der Waals surface area contributed by atoms with Crippen molar-refractivity contribution in [3.63, 3.8) is 0 Å². The molecule has 0 saturated carbocycles. The lowest BCUT2D eigenvalue weighted by molar-refractivity contribution is -0.133. The average Bonchev–Trinajstić information content (AvgIpc) is 2.76. The molecule has 2 aromatic rings. The van der Waals surface area contributed by atoms with Crippen LogP contribution in [0.2, 0.25) is 0 Å². The van der Waals surface area contributed by atoms with Crippen LogP contribution in [0.3, 0.4) is 0 Å². The molecular weight excluding hydrogens is 329 g/mol. The van der Waals surface area contributed by atoms with E-state index in [4.69, 9.17) is 5.11 Å². The molecular formula is C17H16FN3O2S. The minimum absolute atomic E-state index is 0.0782. The van der Waals surface area contributed by atoms with Crippen LogP contribution in [0.1, 0.15) is 22.5 Å². The Labute approximate surface area is 142 Å². The van der Waals surface area contributed by atoms with Gasteiger partial charge in [-0.25, -0.2) is 4.39 Å². The normalized spacial score (nSPS) is 12.9. The molecule has 0 atom stereocenters. The van der Waals surface area contributed by atoms with E-state index >= 15 is 0 Å². The Morgan fingerprint density at radius 2 is 2.21 bits per heavy atom. The van der Waals surface area contributed by atoms with Crippen LogP contribution in [0.4, 0.5) is 4.39 Å². The number of hydrogen-bond donors (Lipinski definition) is 1. The van der Waals surface area contributed by atoms with Gasteiger partial charge in [0.05, 0.1) is 12.3 Å². The smallest absolute Gasteiger partial charge is 0.313 e. The first-order valence-corrected chi connectivity index (χ1v) is 8.42. The second-order valence-corrected chi connectivity index (χ2v) is 6.33. The molecule has 124 valence electrons. The van der Waals surface area contributed by atoms with E-state index in [2.05, 4.69) is 10.2 Å². The molecule has 0 amide bonds. The van der Waals surface area contributed by atoms with Gasteiger partial charge in [-0.1, -0.05) is 42.1 Å². The predicted molar refractivity (Wildman–Crippen MR) is 90.5 cm³/mol. The number of thioether (sulfide) groups is 1. The second kappa shape index (κ2) is 7.00. The van der Waals surface area contributed by atoms with Gasteiger partial charge >= 0.3 is 5.97 Å². The van der Waals surface area contributed by atoms with Gasteiger partial charge < -0.3 is 9.67 Å². The van der Waals surface area contributed by atoms with Crippen molar-refractivity contribution in [3.05, 3.63) is 58.7 Å². The van der Waals surface area contributed by atoms with Crippen molar-refractivity contribution in [3.8, 4) is 0 Å². The first-order valence-electron chi connectivity index (χ1n) is 7.44. The van der Waals surface area contributed by atoms with Gasteiger partial charge in [0.1, 0.15) is 11.6 Å². The third-order valence-corrected chi connectivity index (χ3v) is 4.74. The lowest BCUT2D eigenvalue weighted by atomic mass is 9.98. The molecule has 7 heteroatoms. The van der Waals surface area contributed by atoms with E-state index < -0.39 is 5.97 Å². The molecule has 0 bridgehead atoms. The van der Waals surface area contributed by atoms with Crippen LogP contribution in [0.5, 0.6) is 0 Å². The number of carboxylic acid groups (broad SMARTS) is 1. The van der Waals surface area contributed by atoms with E-state index in [0.29, 0.717) is 29.5 Å². The molecule has 24 heavy (non-hydrogen) atoms. The van der Waals surface area contributed by atoms with Crippen LogP contribution >= 0.6 is 11.8 Å². The highest BCUT2D eigenvalue weighted by atomic mass is 32.2. The molecule has 0 spiro atoms. The summed E-state index contributed by atoms with van der Waals surface area (Å²) in [7, 11) is 0. The van der Waals surface area contributed by atoms with Crippen LogP contribution < -0.4 is 0 Å². The fourth-order valence-corrected chi connectivity index (χ4v) is 3.32. The van der Waals surface area contributed by atoms with Gasteiger partial charge in [-0.05, 0) is 30.5 Å². The number of aryl methyl sites for hydroxylation is 1. The second-order valence-electron chi connectivity index (χ2n) is 5.39. The highest BCUT2D eigenvalue weighted by Gasteiger charge is 2.16. The van der Waals surface area contributed by atoms with Gasteiger partial charge in [0.2, 0.25) is 0 Å². The van der Waals surface area contributed by atoms with Gasteiger partial charge in [0, 0.05) is 5.56 Å². The van der Waals surface area contributed by atoms with Crippen molar-refractivity contribution in [2.45, 2.75) is 25.0 Å². The maximum absolute atomic E-state index is 14.1. The number of rotatable bonds is 5. The minimum Gasteiger partial charge on any atom is -0.481 e. The number of aromatic nitrogens is 3. The molecule has 1 N–H and O–H groups in total. The van der Waals surface area contributed by atoms with Crippen molar-refractivity contribution in [1.82, 2.24) is 14.8 Å². The van der Waals surface area contributed by atoms with Crippen molar-refractivity contribution in [2.24, 2.45) is 0 Å². The first kappa shape index (κ1) is 16.4. The van der Waals surface area contributed by atoms with Crippen molar-refractivity contribution in [2.75, 3.05) is 5.75 Å². The van der Waals surface area contributed by atoms with Crippen LogP contribution in [-0.2, 0) is 17.8 Å². The van der Waals surface area contributed by atoms with E-state index in [0.717, 1.165) is 22.9 Å². The Kier molecular flexibility index (Phi) is 4.80. The largest absolute Gasteiger partial charge is 0.481 e. The van der Waals surface area contributed by atoms with Crippen LogP contribution in [0.15, 0.2) is 35.5 Å². The van der Waals surface area contributed by atoms with Gasteiger partial charge in [0.15, 0.2) is 5.16 Å². The third kappa shape index (κ3) is 3.41. The van der Waals surface area contributed by atoms with E-state index in [9.17, 15) is 9.18 Å². The SMILES string of the molecule is Cc1nnc(SCC(=O)O)n1Cc1ccc(F)c2c1CC=CC=C2. The first-order chi connectivity index (χ1) is 11.6. The summed E-state index contributed by atoms with van der Waals surface area (Å²) in [6.07, 6.45) is 8.15. The topological polar surface area (TPSA) is 68.0 Å². The Bertz CT molecular complexity index is 843. The highest BCUT2D eigenvalue weighted by Crippen LogP contribution is 2.26. The summed E-state index contributed by atoms with van der Waals surface area (Å²) < 4.78 is 16.0. The summed E-state index contributed by atoms with van der Waals surface area (Å²) in [4.78, 5) is 10.8. The van der Waals surface area contributed by atoms with Crippen LogP contribution in [0.25, 0.3) is 6.08 Å². The number of benzene rings is 1. The molecule has 1 heterocycles. The minimum atomic E-state index is -0.905. The lowest BCUT2D eigenvalue weighted by Crippen LogP contribution is -2.09. The standard InChI is InChI=1S/C17H16FN3O2S/c1-11-19-20-17(24-10-16(22)23)21(11)9-12-7-8-15(18)14-6-4-2-3-5-13(12)14/h2-4,6-8H,5,9-10H2,1H3,(H,22,23). The monoisotopic (exact) mass is 345 g/mol. The number of allylic oxidation sites excluding steroid dienone is 3. The molecule has 1 aliphatic rings. The molecule has 3 rings (SSSR count). The molecule has 0 fully saturated rings. The zero-order valence-electron chi connectivity index (χ0n) is 13.1. The van der Waals surface area contributed by atoms with E-state index in [1.807, 2.05) is 29.7 Å². The predicted octanol–water partition coefficient (Wildman–Crippen LogP) is 3.08. The summed E-state index contributed by atoms with van der Waals surface area (Å²) >= 11 is 1.13. The lowest BCUT2D eigenvalue weighted by Gasteiger charge is -2.14.